The fourth-order valence-corrected chi connectivity index (χ4v) is 2.84. The molecule has 0 aliphatic heterocycles. The molecule has 1 N–H and O–H groups in total. The summed E-state index contributed by atoms with van der Waals surface area (Å²) in [5.74, 6) is 0.555. The average Bonchev–Trinajstić information content (AvgIpc) is 2.37. The fraction of sp³-hybridized carbons (Fsp3) is 0.400. The first-order valence-electron chi connectivity index (χ1n) is 7.78. The lowest BCUT2D eigenvalue weighted by molar-refractivity contribution is 0.175. The van der Waals surface area contributed by atoms with Crippen molar-refractivity contribution in [2.75, 3.05) is 0 Å². The Labute approximate surface area is 128 Å². The Kier molecular flexibility index (Phi) is 5.19. The van der Waals surface area contributed by atoms with Crippen LogP contribution < -0.4 is 0 Å². The maximum Gasteiger partial charge on any atom is 0.0620 e. The zero-order chi connectivity index (χ0) is 15.4. The van der Waals surface area contributed by atoms with E-state index in [1.807, 2.05) is 0 Å². The van der Waals surface area contributed by atoms with Gasteiger partial charge in [0.25, 0.3) is 0 Å². The topological polar surface area (TPSA) is 20.2 Å². The van der Waals surface area contributed by atoms with Gasteiger partial charge in [0.15, 0.2) is 0 Å². The maximum atomic E-state index is 10.3. The first-order chi connectivity index (χ1) is 9.94. The molecule has 0 amide bonds. The Balaban J connectivity index is 1.99. The van der Waals surface area contributed by atoms with Gasteiger partial charge in [0.2, 0.25) is 0 Å². The SMILES string of the molecule is Cc1cc(C)cc(CC(O)Cc2ccc(C(C)C)cc2)c1. The molecule has 1 heteroatoms. The van der Waals surface area contributed by atoms with Crippen molar-refractivity contribution in [3.05, 3.63) is 70.3 Å². The first kappa shape index (κ1) is 15.8. The van der Waals surface area contributed by atoms with Crippen LogP contribution in [0.2, 0.25) is 0 Å². The van der Waals surface area contributed by atoms with Gasteiger partial charge in [0.1, 0.15) is 0 Å². The van der Waals surface area contributed by atoms with E-state index in [9.17, 15) is 5.11 Å². The maximum absolute atomic E-state index is 10.3. The van der Waals surface area contributed by atoms with Gasteiger partial charge in [-0.25, -0.2) is 0 Å². The molecule has 21 heavy (non-hydrogen) atoms. The predicted octanol–water partition coefficient (Wildman–Crippen LogP) is 4.57. The summed E-state index contributed by atoms with van der Waals surface area (Å²) in [6.07, 6.45) is 1.11. The molecular formula is C20H26O. The highest BCUT2D eigenvalue weighted by Gasteiger charge is 2.08. The summed E-state index contributed by atoms with van der Waals surface area (Å²) >= 11 is 0. The van der Waals surface area contributed by atoms with E-state index in [4.69, 9.17) is 0 Å². The molecule has 1 nitrogen and oxygen atoms in total. The number of hydrogen-bond donors (Lipinski definition) is 1. The van der Waals surface area contributed by atoms with E-state index in [1.165, 1.54) is 27.8 Å². The van der Waals surface area contributed by atoms with Gasteiger partial charge >= 0.3 is 0 Å². The number of aliphatic hydroxyl groups is 1. The van der Waals surface area contributed by atoms with Crippen molar-refractivity contribution < 1.29 is 5.11 Å². The summed E-state index contributed by atoms with van der Waals surface area (Å²) in [5.41, 5.74) is 6.30. The summed E-state index contributed by atoms with van der Waals surface area (Å²) in [5, 5.41) is 10.3. The van der Waals surface area contributed by atoms with Gasteiger partial charge in [0.05, 0.1) is 6.10 Å². The molecular weight excluding hydrogens is 256 g/mol. The highest BCUT2D eigenvalue weighted by atomic mass is 16.3. The summed E-state index contributed by atoms with van der Waals surface area (Å²) in [6.45, 7) is 8.61. The third-order valence-corrected chi connectivity index (χ3v) is 3.87. The minimum absolute atomic E-state index is 0.323. The summed E-state index contributed by atoms with van der Waals surface area (Å²) in [6, 6.07) is 15.1. The molecule has 0 spiro atoms. The van der Waals surface area contributed by atoms with Crippen LogP contribution in [0.4, 0.5) is 0 Å². The molecule has 0 aliphatic carbocycles. The van der Waals surface area contributed by atoms with Crippen molar-refractivity contribution >= 4 is 0 Å². The van der Waals surface area contributed by atoms with E-state index in [0.29, 0.717) is 18.8 Å². The van der Waals surface area contributed by atoms with E-state index >= 15 is 0 Å². The number of aliphatic hydroxyl groups excluding tert-OH is 1. The molecule has 0 heterocycles. The number of aryl methyl sites for hydroxylation is 2. The second kappa shape index (κ2) is 6.91. The zero-order valence-corrected chi connectivity index (χ0v) is 13.6. The molecule has 2 rings (SSSR count). The van der Waals surface area contributed by atoms with Gasteiger partial charge in [0, 0.05) is 0 Å². The van der Waals surface area contributed by atoms with E-state index in [0.717, 1.165) is 0 Å². The number of rotatable bonds is 5. The van der Waals surface area contributed by atoms with Gasteiger partial charge in [-0.15, -0.1) is 0 Å². The van der Waals surface area contributed by atoms with Crippen molar-refractivity contribution in [3.63, 3.8) is 0 Å². The van der Waals surface area contributed by atoms with Gasteiger partial charge in [-0.3, -0.25) is 0 Å². The Hall–Kier alpha value is -1.60. The van der Waals surface area contributed by atoms with Crippen LogP contribution in [0, 0.1) is 13.8 Å². The zero-order valence-electron chi connectivity index (χ0n) is 13.6. The lowest BCUT2D eigenvalue weighted by atomic mass is 9.96. The second-order valence-electron chi connectivity index (χ2n) is 6.45. The Morgan fingerprint density at radius 2 is 1.33 bits per heavy atom. The second-order valence-corrected chi connectivity index (χ2v) is 6.45. The standard InChI is InChI=1S/C20H26O/c1-14(2)19-7-5-17(6-8-19)12-20(21)13-18-10-15(3)9-16(4)11-18/h5-11,14,20-21H,12-13H2,1-4H3. The molecule has 112 valence electrons. The van der Waals surface area contributed by atoms with E-state index in [2.05, 4.69) is 70.2 Å². The van der Waals surface area contributed by atoms with Crippen molar-refractivity contribution in [1.29, 1.82) is 0 Å². The molecule has 1 atom stereocenters. The van der Waals surface area contributed by atoms with Crippen LogP contribution in [-0.2, 0) is 12.8 Å². The molecule has 1 unspecified atom stereocenters. The molecule has 0 fully saturated rings. The predicted molar refractivity (Wildman–Crippen MR) is 89.9 cm³/mol. The van der Waals surface area contributed by atoms with Crippen LogP contribution in [0.15, 0.2) is 42.5 Å². The third-order valence-electron chi connectivity index (χ3n) is 3.87. The molecule has 2 aromatic carbocycles. The lowest BCUT2D eigenvalue weighted by Gasteiger charge is -2.13. The molecule has 0 aliphatic rings. The van der Waals surface area contributed by atoms with Gasteiger partial charge in [-0.05, 0) is 49.3 Å². The number of hydrogen-bond acceptors (Lipinski definition) is 1. The molecule has 2 aromatic rings. The first-order valence-corrected chi connectivity index (χ1v) is 7.78. The van der Waals surface area contributed by atoms with Crippen molar-refractivity contribution in [2.45, 2.75) is 52.6 Å². The molecule has 0 saturated heterocycles. The quantitative estimate of drug-likeness (QED) is 0.851. The van der Waals surface area contributed by atoms with Gasteiger partial charge in [-0.1, -0.05) is 67.4 Å². The van der Waals surface area contributed by atoms with Crippen LogP contribution in [0.3, 0.4) is 0 Å². The normalized spacial score (nSPS) is 12.7. The van der Waals surface area contributed by atoms with Crippen LogP contribution in [0.25, 0.3) is 0 Å². The molecule has 0 saturated carbocycles. The smallest absolute Gasteiger partial charge is 0.0620 e. The van der Waals surface area contributed by atoms with Crippen molar-refractivity contribution in [2.24, 2.45) is 0 Å². The lowest BCUT2D eigenvalue weighted by Crippen LogP contribution is -2.14. The highest BCUT2D eigenvalue weighted by Crippen LogP contribution is 2.17. The van der Waals surface area contributed by atoms with Crippen LogP contribution in [0.5, 0.6) is 0 Å². The van der Waals surface area contributed by atoms with Crippen LogP contribution in [0.1, 0.15) is 47.6 Å². The summed E-state index contributed by atoms with van der Waals surface area (Å²) in [7, 11) is 0. The monoisotopic (exact) mass is 282 g/mol. The Morgan fingerprint density at radius 1 is 0.810 bits per heavy atom. The van der Waals surface area contributed by atoms with Crippen LogP contribution >= 0.6 is 0 Å². The molecule has 0 bridgehead atoms. The van der Waals surface area contributed by atoms with Gasteiger partial charge < -0.3 is 5.11 Å². The van der Waals surface area contributed by atoms with Crippen LogP contribution in [-0.4, -0.2) is 11.2 Å². The molecule has 0 radical (unpaired) electrons. The minimum atomic E-state index is -0.323. The summed E-state index contributed by atoms with van der Waals surface area (Å²) < 4.78 is 0. The van der Waals surface area contributed by atoms with E-state index < -0.39 is 0 Å². The number of benzene rings is 2. The molecule has 0 aromatic heterocycles. The van der Waals surface area contributed by atoms with Gasteiger partial charge in [-0.2, -0.15) is 0 Å². The Morgan fingerprint density at radius 3 is 1.86 bits per heavy atom. The average molecular weight is 282 g/mol. The van der Waals surface area contributed by atoms with Crippen molar-refractivity contribution in [1.82, 2.24) is 0 Å². The summed E-state index contributed by atoms with van der Waals surface area (Å²) in [4.78, 5) is 0. The van der Waals surface area contributed by atoms with E-state index in [1.54, 1.807) is 0 Å². The fourth-order valence-electron chi connectivity index (χ4n) is 2.84. The minimum Gasteiger partial charge on any atom is -0.392 e. The van der Waals surface area contributed by atoms with Crippen molar-refractivity contribution in [3.8, 4) is 0 Å². The largest absolute Gasteiger partial charge is 0.392 e. The highest BCUT2D eigenvalue weighted by molar-refractivity contribution is 5.30. The Bertz CT molecular complexity index is 561. The van der Waals surface area contributed by atoms with E-state index in [-0.39, 0.29) is 6.10 Å². The third kappa shape index (κ3) is 4.71.